The van der Waals surface area contributed by atoms with Crippen LogP contribution in [0.4, 0.5) is 0 Å². The number of carboxylic acid groups (broad SMARTS) is 1. The number of hydrogen-bond acceptors (Lipinski definition) is 8. The summed E-state index contributed by atoms with van der Waals surface area (Å²) in [6.07, 6.45) is 1.48. The number of aliphatic carboxylic acids is 1. The Morgan fingerprint density at radius 3 is 2.67 bits per heavy atom. The van der Waals surface area contributed by atoms with Crippen molar-refractivity contribution in [1.29, 1.82) is 0 Å². The highest BCUT2D eigenvalue weighted by atomic mass is 16.6. The molecular weight excluding hydrogens is 516 g/mol. The number of likely N-dealkylation sites (tertiary alicyclic amines) is 1. The highest BCUT2D eigenvalue weighted by Gasteiger charge is 2.72. The molecule has 1 saturated heterocycles. The zero-order valence-electron chi connectivity index (χ0n) is 22.3. The predicted molar refractivity (Wildman–Crippen MR) is 142 cm³/mol. The van der Waals surface area contributed by atoms with E-state index in [4.69, 9.17) is 9.47 Å². The number of phenols is 1. The lowest BCUT2D eigenvalue weighted by molar-refractivity contribution is -0.169. The maximum absolute atomic E-state index is 13.1. The number of nitrogens with one attached hydrogen (secondary N) is 1. The Balaban J connectivity index is 1.24. The molecule has 10 heteroatoms. The van der Waals surface area contributed by atoms with Crippen molar-refractivity contribution in [2.45, 2.75) is 67.7 Å². The van der Waals surface area contributed by atoms with Gasteiger partial charge in [-0.2, -0.15) is 0 Å². The minimum Gasteiger partial charge on any atom is -0.504 e. The van der Waals surface area contributed by atoms with Crippen molar-refractivity contribution in [2.24, 2.45) is 0 Å². The number of likely N-dealkylation sites (N-methyl/N-ethyl adjacent to an activating group) is 1. The molecule has 2 bridgehead atoms. The van der Waals surface area contributed by atoms with Crippen LogP contribution >= 0.6 is 0 Å². The van der Waals surface area contributed by atoms with E-state index in [0.717, 1.165) is 16.7 Å². The molecule has 4 aliphatic rings. The van der Waals surface area contributed by atoms with E-state index in [2.05, 4.69) is 10.2 Å². The van der Waals surface area contributed by atoms with Crippen molar-refractivity contribution in [3.63, 3.8) is 0 Å². The molecule has 2 aliphatic heterocycles. The van der Waals surface area contributed by atoms with Gasteiger partial charge in [-0.3, -0.25) is 9.59 Å². The molecular formula is C30H32N2O8. The first-order valence-corrected chi connectivity index (χ1v) is 13.5. The first-order chi connectivity index (χ1) is 19.1. The van der Waals surface area contributed by atoms with Crippen molar-refractivity contribution in [2.75, 3.05) is 13.6 Å². The van der Waals surface area contributed by atoms with Gasteiger partial charge in [0, 0.05) is 18.0 Å². The maximum Gasteiger partial charge on any atom is 0.326 e. The molecule has 2 heterocycles. The van der Waals surface area contributed by atoms with Gasteiger partial charge in [-0.1, -0.05) is 36.4 Å². The van der Waals surface area contributed by atoms with Gasteiger partial charge in [-0.15, -0.1) is 0 Å². The molecule has 0 radical (unpaired) electrons. The Labute approximate surface area is 231 Å². The highest BCUT2D eigenvalue weighted by Crippen LogP contribution is 2.65. The van der Waals surface area contributed by atoms with E-state index in [1.54, 1.807) is 43.3 Å². The number of carbonyl (C=O) groups excluding carboxylic acids is 2. The Morgan fingerprint density at radius 2 is 1.95 bits per heavy atom. The molecule has 2 unspecified atom stereocenters. The van der Waals surface area contributed by atoms with E-state index >= 15 is 0 Å². The summed E-state index contributed by atoms with van der Waals surface area (Å²) >= 11 is 0. The molecule has 6 rings (SSSR count). The lowest BCUT2D eigenvalue weighted by atomic mass is 9.50. The zero-order valence-corrected chi connectivity index (χ0v) is 22.3. The first-order valence-electron chi connectivity index (χ1n) is 13.5. The van der Waals surface area contributed by atoms with E-state index in [1.165, 1.54) is 0 Å². The van der Waals surface area contributed by atoms with Gasteiger partial charge in [0.1, 0.15) is 11.8 Å². The third kappa shape index (κ3) is 3.73. The SMILES string of the molecule is C[C@H](C(=O)N[C@@H](CC(=O)OC1=CC[C@@]2(O)[C@H]3Cc4ccc(O)c5c4C2(CCN3C)C1O5)C(=O)O)c1ccccc1. The van der Waals surface area contributed by atoms with E-state index in [0.29, 0.717) is 25.1 Å². The van der Waals surface area contributed by atoms with Crippen LogP contribution in [0.25, 0.3) is 0 Å². The van der Waals surface area contributed by atoms with Gasteiger partial charge in [0.15, 0.2) is 17.6 Å². The van der Waals surface area contributed by atoms with E-state index in [9.17, 15) is 29.7 Å². The molecule has 0 aromatic heterocycles. The van der Waals surface area contributed by atoms with Crippen LogP contribution in [-0.2, 0) is 31.0 Å². The fourth-order valence-electron chi connectivity index (χ4n) is 7.17. The Hall–Kier alpha value is -3.89. The maximum atomic E-state index is 13.1. The Morgan fingerprint density at radius 1 is 1.20 bits per heavy atom. The smallest absolute Gasteiger partial charge is 0.326 e. The van der Waals surface area contributed by atoms with Gasteiger partial charge in [0.25, 0.3) is 0 Å². The van der Waals surface area contributed by atoms with Gasteiger partial charge >= 0.3 is 11.9 Å². The third-order valence-electron chi connectivity index (χ3n) is 9.26. The number of esters is 1. The van der Waals surface area contributed by atoms with Crippen LogP contribution in [0.3, 0.4) is 0 Å². The molecule has 40 heavy (non-hydrogen) atoms. The number of ether oxygens (including phenoxy) is 2. The number of benzene rings is 2. The number of carboxylic acids is 1. The van der Waals surface area contributed by atoms with Crippen LogP contribution in [0, 0.1) is 0 Å². The van der Waals surface area contributed by atoms with Gasteiger partial charge in [-0.25, -0.2) is 4.79 Å². The molecule has 6 atom stereocenters. The molecule has 4 N–H and O–H groups in total. The van der Waals surface area contributed by atoms with Crippen LogP contribution in [0.15, 0.2) is 54.3 Å². The molecule has 10 nitrogen and oxygen atoms in total. The topological polar surface area (TPSA) is 146 Å². The summed E-state index contributed by atoms with van der Waals surface area (Å²) in [6, 6.07) is 10.7. The van der Waals surface area contributed by atoms with Gasteiger partial charge in [0.05, 0.1) is 23.4 Å². The number of piperidine rings is 1. The van der Waals surface area contributed by atoms with Crippen LogP contribution < -0.4 is 10.1 Å². The fraction of sp³-hybridized carbons (Fsp3) is 0.433. The monoisotopic (exact) mass is 548 g/mol. The molecule has 2 aromatic rings. The predicted octanol–water partition coefficient (Wildman–Crippen LogP) is 1.98. The molecule has 2 aromatic carbocycles. The normalized spacial score (nSPS) is 29.3. The second-order valence-corrected chi connectivity index (χ2v) is 11.3. The molecule has 1 amide bonds. The summed E-state index contributed by atoms with van der Waals surface area (Å²) in [7, 11) is 1.98. The number of phenolic OH excluding ortho intramolecular Hbond substituents is 1. The van der Waals surface area contributed by atoms with Gasteiger partial charge < -0.3 is 35.0 Å². The largest absolute Gasteiger partial charge is 0.504 e. The van der Waals surface area contributed by atoms with Crippen LogP contribution in [0.5, 0.6) is 11.5 Å². The lowest BCUT2D eigenvalue weighted by Crippen LogP contribution is -2.74. The number of hydrogen-bond donors (Lipinski definition) is 4. The molecule has 210 valence electrons. The molecule has 0 saturated carbocycles. The van der Waals surface area contributed by atoms with Crippen molar-refractivity contribution in [1.82, 2.24) is 10.2 Å². The number of amides is 1. The lowest BCUT2D eigenvalue weighted by Gasteiger charge is -2.61. The first kappa shape index (κ1) is 26.3. The molecule has 2 aliphatic carbocycles. The zero-order chi connectivity index (χ0) is 28.4. The number of nitrogens with zero attached hydrogens (tertiary/aromatic N) is 1. The van der Waals surface area contributed by atoms with Crippen molar-refractivity contribution in [3.8, 4) is 11.5 Å². The number of aromatic hydroxyl groups is 1. The van der Waals surface area contributed by atoms with Gasteiger partial charge in [0.2, 0.25) is 5.91 Å². The van der Waals surface area contributed by atoms with Crippen LogP contribution in [-0.4, -0.2) is 75.4 Å². The van der Waals surface area contributed by atoms with Crippen molar-refractivity contribution >= 4 is 17.8 Å². The second kappa shape index (κ2) is 9.35. The summed E-state index contributed by atoms with van der Waals surface area (Å²) in [5, 5.41) is 35.0. The van der Waals surface area contributed by atoms with E-state index in [1.807, 2.05) is 19.2 Å². The molecule has 1 spiro atoms. The second-order valence-electron chi connectivity index (χ2n) is 11.3. The molecule has 1 fully saturated rings. The quantitative estimate of drug-likeness (QED) is 0.382. The standard InChI is InChI=1S/C30H32N2O8/c1-16(17-6-4-3-5-7-17)27(35)31-19(28(36)37)15-23(34)39-21-10-11-30(38)22-14-18-8-9-20(33)25-24(18)29(30,26(21)40-25)12-13-32(22)2/h3-10,16,19,22,26,33,38H,11-15H2,1-2H3,(H,31,35)(H,36,37)/t16-,19-,22+,26?,29?,30+/m0/s1. The van der Waals surface area contributed by atoms with Gasteiger partial charge in [-0.05, 0) is 56.6 Å². The van der Waals surface area contributed by atoms with Crippen molar-refractivity contribution in [3.05, 3.63) is 71.0 Å². The van der Waals surface area contributed by atoms with Crippen molar-refractivity contribution < 1.29 is 39.2 Å². The number of aliphatic hydroxyl groups is 1. The average Bonchev–Trinajstić information content (AvgIpc) is 3.29. The summed E-state index contributed by atoms with van der Waals surface area (Å²) in [5.41, 5.74) is 0.316. The summed E-state index contributed by atoms with van der Waals surface area (Å²) in [5.74, 6) is -2.93. The fourth-order valence-corrected chi connectivity index (χ4v) is 7.17. The minimum atomic E-state index is -1.50. The Kier molecular flexibility index (Phi) is 6.15. The average molecular weight is 549 g/mol. The summed E-state index contributed by atoms with van der Waals surface area (Å²) < 4.78 is 12.0. The number of rotatable bonds is 7. The number of carbonyl (C=O) groups is 3. The third-order valence-corrected chi connectivity index (χ3v) is 9.26. The minimum absolute atomic E-state index is 0.0471. The van der Waals surface area contributed by atoms with E-state index in [-0.39, 0.29) is 24.0 Å². The Bertz CT molecular complexity index is 1420. The van der Waals surface area contributed by atoms with Crippen LogP contribution in [0.1, 0.15) is 48.8 Å². The van der Waals surface area contributed by atoms with Crippen LogP contribution in [0.2, 0.25) is 0 Å². The highest BCUT2D eigenvalue weighted by molar-refractivity contribution is 5.90. The summed E-state index contributed by atoms with van der Waals surface area (Å²) in [4.78, 5) is 40.0. The van der Waals surface area contributed by atoms with E-state index < -0.39 is 53.3 Å². The summed E-state index contributed by atoms with van der Waals surface area (Å²) in [6.45, 7) is 2.34.